The molecule has 0 saturated carbocycles. The van der Waals surface area contributed by atoms with Gasteiger partial charge in [-0.25, -0.2) is 0 Å². The summed E-state index contributed by atoms with van der Waals surface area (Å²) in [5.74, 6) is -0.489. The van der Waals surface area contributed by atoms with Crippen LogP contribution in [-0.2, 0) is 6.54 Å². The fourth-order valence-corrected chi connectivity index (χ4v) is 2.54. The maximum atomic E-state index is 12.7. The summed E-state index contributed by atoms with van der Waals surface area (Å²) in [4.78, 5) is 14.4. The summed E-state index contributed by atoms with van der Waals surface area (Å²) < 4.78 is 0. The van der Waals surface area contributed by atoms with Crippen LogP contribution in [0.1, 0.15) is 15.9 Å². The van der Waals surface area contributed by atoms with Gasteiger partial charge in [0.15, 0.2) is 0 Å². The topological polar surface area (TPSA) is 72.8 Å². The van der Waals surface area contributed by atoms with Gasteiger partial charge in [-0.05, 0) is 23.8 Å². The SMILES string of the molecule is O=C(c1cc(O)cc(O)c1)N1CCNCc2ccccc21. The number of hydrogen-bond acceptors (Lipinski definition) is 4. The molecule has 1 aliphatic rings. The standard InChI is InChI=1S/C16H16N2O3/c19-13-7-12(8-14(20)9-13)16(21)18-6-5-17-10-11-3-1-2-4-15(11)18/h1-4,7-9,17,19-20H,5-6,10H2. The highest BCUT2D eigenvalue weighted by Crippen LogP contribution is 2.26. The number of fused-ring (bicyclic) bond motifs is 1. The molecular weight excluding hydrogens is 268 g/mol. The van der Waals surface area contributed by atoms with Gasteiger partial charge in [-0.15, -0.1) is 0 Å². The van der Waals surface area contributed by atoms with Gasteiger partial charge in [0.2, 0.25) is 0 Å². The zero-order valence-electron chi connectivity index (χ0n) is 11.4. The van der Waals surface area contributed by atoms with Crippen molar-refractivity contribution < 1.29 is 15.0 Å². The summed E-state index contributed by atoms with van der Waals surface area (Å²) in [7, 11) is 0. The normalized spacial score (nSPS) is 14.4. The number of aromatic hydroxyl groups is 2. The van der Waals surface area contributed by atoms with Crippen LogP contribution in [0.4, 0.5) is 5.69 Å². The Balaban J connectivity index is 2.01. The Labute approximate surface area is 122 Å². The second-order valence-electron chi connectivity index (χ2n) is 5.00. The van der Waals surface area contributed by atoms with Gasteiger partial charge in [-0.3, -0.25) is 4.79 Å². The van der Waals surface area contributed by atoms with Crippen LogP contribution in [-0.4, -0.2) is 29.2 Å². The van der Waals surface area contributed by atoms with Crippen molar-refractivity contribution in [3.8, 4) is 11.5 Å². The fraction of sp³-hybridized carbons (Fsp3) is 0.188. The molecule has 0 saturated heterocycles. The first-order valence-corrected chi connectivity index (χ1v) is 6.78. The van der Waals surface area contributed by atoms with E-state index in [0.29, 0.717) is 19.6 Å². The first-order valence-electron chi connectivity index (χ1n) is 6.78. The maximum Gasteiger partial charge on any atom is 0.258 e. The van der Waals surface area contributed by atoms with E-state index in [1.54, 1.807) is 4.90 Å². The molecule has 0 spiro atoms. The summed E-state index contributed by atoms with van der Waals surface area (Å²) in [6.45, 7) is 1.93. The van der Waals surface area contributed by atoms with E-state index >= 15 is 0 Å². The molecule has 3 N–H and O–H groups in total. The van der Waals surface area contributed by atoms with Crippen LogP contribution < -0.4 is 10.2 Å². The Kier molecular flexibility index (Phi) is 3.50. The van der Waals surface area contributed by atoms with Crippen molar-refractivity contribution in [3.63, 3.8) is 0 Å². The lowest BCUT2D eigenvalue weighted by Crippen LogP contribution is -2.34. The van der Waals surface area contributed by atoms with Crippen LogP contribution in [0, 0.1) is 0 Å². The molecule has 1 amide bonds. The smallest absolute Gasteiger partial charge is 0.258 e. The lowest BCUT2D eigenvalue weighted by molar-refractivity contribution is 0.0987. The van der Waals surface area contributed by atoms with Gasteiger partial charge in [-0.1, -0.05) is 18.2 Å². The molecule has 3 rings (SSSR count). The second-order valence-corrected chi connectivity index (χ2v) is 5.00. The summed E-state index contributed by atoms with van der Waals surface area (Å²) in [5.41, 5.74) is 2.17. The van der Waals surface area contributed by atoms with Crippen molar-refractivity contribution in [3.05, 3.63) is 53.6 Å². The third kappa shape index (κ3) is 2.68. The van der Waals surface area contributed by atoms with Crippen LogP contribution in [0.2, 0.25) is 0 Å². The van der Waals surface area contributed by atoms with Crippen molar-refractivity contribution in [2.24, 2.45) is 0 Å². The minimum Gasteiger partial charge on any atom is -0.508 e. The van der Waals surface area contributed by atoms with Crippen molar-refractivity contribution in [2.45, 2.75) is 6.54 Å². The van der Waals surface area contributed by atoms with E-state index in [-0.39, 0.29) is 23.0 Å². The molecule has 0 atom stereocenters. The molecule has 0 aliphatic carbocycles. The second kappa shape index (κ2) is 5.46. The van der Waals surface area contributed by atoms with Gasteiger partial charge in [0, 0.05) is 37.0 Å². The van der Waals surface area contributed by atoms with Crippen molar-refractivity contribution in [1.29, 1.82) is 0 Å². The highest BCUT2D eigenvalue weighted by Gasteiger charge is 2.22. The van der Waals surface area contributed by atoms with Crippen LogP contribution in [0.5, 0.6) is 11.5 Å². The van der Waals surface area contributed by atoms with Gasteiger partial charge >= 0.3 is 0 Å². The Bertz CT molecular complexity index is 665. The number of para-hydroxylation sites is 1. The Hall–Kier alpha value is -2.53. The highest BCUT2D eigenvalue weighted by atomic mass is 16.3. The molecule has 5 heteroatoms. The molecule has 108 valence electrons. The largest absolute Gasteiger partial charge is 0.508 e. The number of phenols is 2. The van der Waals surface area contributed by atoms with Gasteiger partial charge in [-0.2, -0.15) is 0 Å². The first-order chi connectivity index (χ1) is 10.1. The Morgan fingerprint density at radius 2 is 1.81 bits per heavy atom. The lowest BCUT2D eigenvalue weighted by atomic mass is 10.1. The van der Waals surface area contributed by atoms with Crippen LogP contribution in [0.15, 0.2) is 42.5 Å². The molecule has 0 unspecified atom stereocenters. The number of nitrogens with one attached hydrogen (secondary N) is 1. The molecule has 21 heavy (non-hydrogen) atoms. The summed E-state index contributed by atoms with van der Waals surface area (Å²) in [6, 6.07) is 11.6. The van der Waals surface area contributed by atoms with Gasteiger partial charge in [0.05, 0.1) is 0 Å². The predicted octanol–water partition coefficient (Wildman–Crippen LogP) is 1.85. The molecule has 0 aromatic heterocycles. The van der Waals surface area contributed by atoms with E-state index in [1.807, 2.05) is 24.3 Å². The average molecular weight is 284 g/mol. The van der Waals surface area contributed by atoms with Crippen molar-refractivity contribution >= 4 is 11.6 Å². The van der Waals surface area contributed by atoms with E-state index < -0.39 is 0 Å². The minimum atomic E-state index is -0.239. The first kappa shape index (κ1) is 13.5. The zero-order valence-corrected chi connectivity index (χ0v) is 11.4. The fourth-order valence-electron chi connectivity index (χ4n) is 2.54. The minimum absolute atomic E-state index is 0.125. The number of benzene rings is 2. The highest BCUT2D eigenvalue weighted by molar-refractivity contribution is 6.07. The number of carbonyl (C=O) groups excluding carboxylic acids is 1. The predicted molar refractivity (Wildman–Crippen MR) is 79.6 cm³/mol. The van der Waals surface area contributed by atoms with Gasteiger partial charge in [0.25, 0.3) is 5.91 Å². The zero-order chi connectivity index (χ0) is 14.8. The average Bonchev–Trinajstić information content (AvgIpc) is 2.68. The number of nitrogens with zero attached hydrogens (tertiary/aromatic N) is 1. The maximum absolute atomic E-state index is 12.7. The Morgan fingerprint density at radius 3 is 2.57 bits per heavy atom. The van der Waals surface area contributed by atoms with E-state index in [2.05, 4.69) is 5.32 Å². The van der Waals surface area contributed by atoms with E-state index in [1.165, 1.54) is 18.2 Å². The summed E-state index contributed by atoms with van der Waals surface area (Å²) in [6.07, 6.45) is 0. The van der Waals surface area contributed by atoms with Crippen molar-refractivity contribution in [2.75, 3.05) is 18.0 Å². The number of carbonyl (C=O) groups is 1. The molecular formula is C16H16N2O3. The molecule has 0 fully saturated rings. The van der Waals surface area contributed by atoms with Crippen LogP contribution in [0.3, 0.4) is 0 Å². The van der Waals surface area contributed by atoms with E-state index in [0.717, 1.165) is 11.3 Å². The molecule has 2 aromatic rings. The summed E-state index contributed by atoms with van der Waals surface area (Å²) >= 11 is 0. The number of rotatable bonds is 1. The van der Waals surface area contributed by atoms with Gasteiger partial charge in [0.1, 0.15) is 11.5 Å². The van der Waals surface area contributed by atoms with Gasteiger partial charge < -0.3 is 20.4 Å². The monoisotopic (exact) mass is 284 g/mol. The molecule has 1 aliphatic heterocycles. The molecule has 0 radical (unpaired) electrons. The number of phenolic OH excluding ortho intramolecular Hbond substituents is 2. The number of hydrogen-bond donors (Lipinski definition) is 3. The summed E-state index contributed by atoms with van der Waals surface area (Å²) in [5, 5.41) is 22.4. The number of amides is 1. The van der Waals surface area contributed by atoms with Crippen LogP contribution in [0.25, 0.3) is 0 Å². The quantitative estimate of drug-likeness (QED) is 0.747. The lowest BCUT2D eigenvalue weighted by Gasteiger charge is -2.22. The molecule has 0 bridgehead atoms. The molecule has 1 heterocycles. The number of anilines is 1. The Morgan fingerprint density at radius 1 is 1.10 bits per heavy atom. The molecule has 2 aromatic carbocycles. The third-order valence-electron chi connectivity index (χ3n) is 3.50. The van der Waals surface area contributed by atoms with E-state index in [9.17, 15) is 15.0 Å². The van der Waals surface area contributed by atoms with Crippen LogP contribution >= 0.6 is 0 Å². The van der Waals surface area contributed by atoms with Crippen molar-refractivity contribution in [1.82, 2.24) is 5.32 Å². The van der Waals surface area contributed by atoms with E-state index in [4.69, 9.17) is 0 Å². The third-order valence-corrected chi connectivity index (χ3v) is 3.50. The molecule has 5 nitrogen and oxygen atoms in total.